The van der Waals surface area contributed by atoms with Crippen molar-refractivity contribution in [3.63, 3.8) is 0 Å². The van der Waals surface area contributed by atoms with Crippen LogP contribution in [-0.4, -0.2) is 28.2 Å². The molecule has 0 aliphatic heterocycles. The number of rotatable bonds is 4. The van der Waals surface area contributed by atoms with Crippen LogP contribution in [0, 0.1) is 5.82 Å². The topological polar surface area (TPSA) is 56.3 Å². The summed E-state index contributed by atoms with van der Waals surface area (Å²) in [6.07, 6.45) is 0.915. The molecule has 0 aliphatic carbocycles. The maximum atomic E-state index is 12.6. The highest BCUT2D eigenvalue weighted by atomic mass is 79.9. The number of esters is 1. The lowest BCUT2D eigenvalue weighted by atomic mass is 10.2. The summed E-state index contributed by atoms with van der Waals surface area (Å²) in [5, 5.41) is 0. The fourth-order valence-electron chi connectivity index (χ4n) is 0.974. The minimum atomic E-state index is -1.11. The van der Waals surface area contributed by atoms with Crippen LogP contribution in [0.25, 0.3) is 0 Å². The number of aromatic nitrogens is 1. The van der Waals surface area contributed by atoms with Crippen LogP contribution in [0.15, 0.2) is 18.3 Å². The Hall–Kier alpha value is -1.30. The second-order valence-electron chi connectivity index (χ2n) is 2.84. The van der Waals surface area contributed by atoms with E-state index in [1.54, 1.807) is 6.92 Å². The molecule has 0 spiro atoms. The van der Waals surface area contributed by atoms with Gasteiger partial charge in [0.2, 0.25) is 5.78 Å². The summed E-state index contributed by atoms with van der Waals surface area (Å²) in [5.41, 5.74) is 0.0105. The molecule has 1 atom stereocenters. The number of ketones is 1. The normalized spacial score (nSPS) is 11.9. The summed E-state index contributed by atoms with van der Waals surface area (Å²) in [7, 11) is 0. The van der Waals surface area contributed by atoms with Gasteiger partial charge in [-0.15, -0.1) is 0 Å². The Bertz CT molecular complexity index is 394. The SMILES string of the molecule is CCOC(=O)C(Br)C(=O)c1ccc(F)cn1. The van der Waals surface area contributed by atoms with E-state index in [4.69, 9.17) is 0 Å². The van der Waals surface area contributed by atoms with Gasteiger partial charge in [-0.05, 0) is 19.1 Å². The van der Waals surface area contributed by atoms with E-state index in [9.17, 15) is 14.0 Å². The number of hydrogen-bond acceptors (Lipinski definition) is 4. The standard InChI is InChI=1S/C10H9BrFNO3/c1-2-16-10(15)8(11)9(14)7-4-3-6(12)5-13-7/h3-5,8H,2H2,1H3. The van der Waals surface area contributed by atoms with E-state index >= 15 is 0 Å². The lowest BCUT2D eigenvalue weighted by molar-refractivity contribution is -0.141. The number of Topliss-reactive ketones (excluding diaryl/α,β-unsaturated/α-hetero) is 1. The zero-order valence-electron chi connectivity index (χ0n) is 8.44. The van der Waals surface area contributed by atoms with Gasteiger partial charge in [0.15, 0.2) is 4.83 Å². The zero-order chi connectivity index (χ0) is 12.1. The Kier molecular flexibility index (Phi) is 4.54. The molecular formula is C10H9BrFNO3. The van der Waals surface area contributed by atoms with Crippen LogP contribution in [0.1, 0.15) is 17.4 Å². The quantitative estimate of drug-likeness (QED) is 0.367. The van der Waals surface area contributed by atoms with Crippen LogP contribution >= 0.6 is 15.9 Å². The number of nitrogens with zero attached hydrogens (tertiary/aromatic N) is 1. The first-order valence-corrected chi connectivity index (χ1v) is 5.44. The average Bonchev–Trinajstić information content (AvgIpc) is 2.28. The van der Waals surface area contributed by atoms with Gasteiger partial charge >= 0.3 is 5.97 Å². The van der Waals surface area contributed by atoms with Crippen LogP contribution in [-0.2, 0) is 9.53 Å². The molecule has 86 valence electrons. The number of halogens is 2. The van der Waals surface area contributed by atoms with E-state index in [-0.39, 0.29) is 12.3 Å². The molecule has 1 aromatic rings. The maximum absolute atomic E-state index is 12.6. The van der Waals surface area contributed by atoms with Crippen molar-refractivity contribution in [2.45, 2.75) is 11.8 Å². The van der Waals surface area contributed by atoms with E-state index < -0.39 is 22.4 Å². The first-order chi connectivity index (χ1) is 7.56. The molecule has 1 unspecified atom stereocenters. The summed E-state index contributed by atoms with van der Waals surface area (Å²) in [6, 6.07) is 2.32. The largest absolute Gasteiger partial charge is 0.465 e. The van der Waals surface area contributed by atoms with Crippen molar-refractivity contribution in [3.8, 4) is 0 Å². The molecule has 0 aromatic carbocycles. The Balaban J connectivity index is 2.78. The van der Waals surface area contributed by atoms with Gasteiger partial charge in [-0.25, -0.2) is 4.39 Å². The van der Waals surface area contributed by atoms with Gasteiger partial charge in [-0.3, -0.25) is 14.6 Å². The number of carbonyl (C=O) groups excluding carboxylic acids is 2. The van der Waals surface area contributed by atoms with Crippen molar-refractivity contribution in [3.05, 3.63) is 29.8 Å². The predicted octanol–water partition coefficient (Wildman–Crippen LogP) is 1.73. The van der Waals surface area contributed by atoms with Gasteiger partial charge < -0.3 is 4.74 Å². The summed E-state index contributed by atoms with van der Waals surface area (Å²) >= 11 is 2.91. The predicted molar refractivity (Wildman–Crippen MR) is 57.9 cm³/mol. The van der Waals surface area contributed by atoms with E-state index in [0.717, 1.165) is 12.3 Å². The fourth-order valence-corrected chi connectivity index (χ4v) is 1.34. The zero-order valence-corrected chi connectivity index (χ0v) is 10.0. The third-order valence-corrected chi connectivity index (χ3v) is 2.49. The molecule has 0 bridgehead atoms. The minimum absolute atomic E-state index is 0.0105. The van der Waals surface area contributed by atoms with Crippen molar-refractivity contribution >= 4 is 27.7 Å². The molecule has 1 rings (SSSR count). The monoisotopic (exact) mass is 289 g/mol. The lowest BCUT2D eigenvalue weighted by Gasteiger charge is -2.07. The Morgan fingerprint density at radius 1 is 1.56 bits per heavy atom. The van der Waals surface area contributed by atoms with Gasteiger partial charge in [0.25, 0.3) is 0 Å². The Labute approximate surface area is 99.9 Å². The second-order valence-corrected chi connectivity index (χ2v) is 3.76. The molecule has 0 radical (unpaired) electrons. The smallest absolute Gasteiger partial charge is 0.327 e. The summed E-state index contributed by atoms with van der Waals surface area (Å²) in [4.78, 5) is 25.3. The van der Waals surface area contributed by atoms with Gasteiger partial charge in [0, 0.05) is 0 Å². The number of carbonyl (C=O) groups is 2. The van der Waals surface area contributed by atoms with Crippen LogP contribution in [0.2, 0.25) is 0 Å². The molecule has 0 saturated heterocycles. The molecule has 0 aliphatic rings. The van der Waals surface area contributed by atoms with Crippen LogP contribution in [0.5, 0.6) is 0 Å². The number of pyridine rings is 1. The molecule has 4 nitrogen and oxygen atoms in total. The van der Waals surface area contributed by atoms with Crippen molar-refractivity contribution in [2.75, 3.05) is 6.61 Å². The van der Waals surface area contributed by atoms with Gasteiger partial charge in [-0.1, -0.05) is 15.9 Å². The van der Waals surface area contributed by atoms with Crippen molar-refractivity contribution in [1.29, 1.82) is 0 Å². The molecule has 1 heterocycles. The van der Waals surface area contributed by atoms with Gasteiger partial charge in [0.05, 0.1) is 12.8 Å². The lowest BCUT2D eigenvalue weighted by Crippen LogP contribution is -2.27. The van der Waals surface area contributed by atoms with Crippen molar-refractivity contribution < 1.29 is 18.7 Å². The van der Waals surface area contributed by atoms with Crippen LogP contribution < -0.4 is 0 Å². The number of alkyl halides is 1. The first kappa shape index (κ1) is 12.8. The van der Waals surface area contributed by atoms with Crippen molar-refractivity contribution in [2.24, 2.45) is 0 Å². The molecule has 0 N–H and O–H groups in total. The van der Waals surface area contributed by atoms with Crippen LogP contribution in [0.3, 0.4) is 0 Å². The Morgan fingerprint density at radius 3 is 2.75 bits per heavy atom. The van der Waals surface area contributed by atoms with E-state index in [0.29, 0.717) is 0 Å². The summed E-state index contributed by atoms with van der Waals surface area (Å²) in [5.74, 6) is -1.78. The fraction of sp³-hybridized carbons (Fsp3) is 0.300. The van der Waals surface area contributed by atoms with E-state index in [1.807, 2.05) is 0 Å². The molecule has 0 amide bonds. The highest BCUT2D eigenvalue weighted by Gasteiger charge is 2.26. The molecule has 6 heteroatoms. The third kappa shape index (κ3) is 3.10. The average molecular weight is 290 g/mol. The first-order valence-electron chi connectivity index (χ1n) is 4.52. The molecule has 16 heavy (non-hydrogen) atoms. The maximum Gasteiger partial charge on any atom is 0.327 e. The Morgan fingerprint density at radius 2 is 2.25 bits per heavy atom. The third-order valence-electron chi connectivity index (χ3n) is 1.70. The van der Waals surface area contributed by atoms with Gasteiger partial charge in [0.1, 0.15) is 11.5 Å². The molecule has 0 saturated carbocycles. The molecule has 1 aromatic heterocycles. The number of ether oxygens (including phenoxy) is 1. The van der Waals surface area contributed by atoms with Crippen molar-refractivity contribution in [1.82, 2.24) is 4.98 Å². The number of hydrogen-bond donors (Lipinski definition) is 0. The molecule has 0 fully saturated rings. The summed E-state index contributed by atoms with van der Waals surface area (Å²) in [6.45, 7) is 1.82. The van der Waals surface area contributed by atoms with Crippen LogP contribution in [0.4, 0.5) is 4.39 Å². The highest BCUT2D eigenvalue weighted by molar-refractivity contribution is 9.10. The van der Waals surface area contributed by atoms with Gasteiger partial charge in [-0.2, -0.15) is 0 Å². The second kappa shape index (κ2) is 5.69. The summed E-state index contributed by atoms with van der Waals surface area (Å²) < 4.78 is 17.2. The minimum Gasteiger partial charge on any atom is -0.465 e. The highest BCUT2D eigenvalue weighted by Crippen LogP contribution is 2.10. The molecular weight excluding hydrogens is 281 g/mol. The van der Waals surface area contributed by atoms with E-state index in [1.165, 1.54) is 6.07 Å². The van der Waals surface area contributed by atoms with E-state index in [2.05, 4.69) is 25.7 Å².